The second-order valence-electron chi connectivity index (χ2n) is 7.67. The maximum atomic E-state index is 12.2. The number of aliphatic hydroxyl groups excluding tert-OH is 5. The highest BCUT2D eigenvalue weighted by Gasteiger charge is 2.45. The third-order valence-electron chi connectivity index (χ3n) is 4.72. The van der Waals surface area contributed by atoms with Crippen molar-refractivity contribution in [1.82, 2.24) is 19.7 Å². The summed E-state index contributed by atoms with van der Waals surface area (Å²) >= 11 is 0. The average molecular weight is 583 g/mol. The summed E-state index contributed by atoms with van der Waals surface area (Å²) in [5.74, 6) is -8.14. The number of fused-ring (bicyclic) bond motifs is 1. The Labute approximate surface area is 215 Å². The molecular weight excluding hydrogens is 561 g/mol. The SMILES string of the molecule is Nc1ncnc2c1ncn2OP(=O)(O)OC(=O)CC(O)(CC(=O)OC(=O)[C@H](O)[C@@H](O)[C@H](O)[C@H](O)CO)C(=O)O. The molecule has 0 radical (unpaired) electrons. The molecule has 6 atom stereocenters. The molecule has 2 aromatic rings. The fourth-order valence-corrected chi connectivity index (χ4v) is 3.44. The maximum Gasteiger partial charge on any atom is 0.606 e. The Morgan fingerprint density at radius 1 is 1.05 bits per heavy atom. The van der Waals surface area contributed by atoms with Gasteiger partial charge in [0.1, 0.15) is 31.0 Å². The Bertz CT molecular complexity index is 1290. The van der Waals surface area contributed by atoms with Crippen LogP contribution in [-0.4, -0.2) is 121 Å². The molecule has 2 rings (SSSR count). The number of nitrogens with two attached hydrogens (primary N) is 1. The number of nitrogen functional groups attached to an aromatic ring is 1. The summed E-state index contributed by atoms with van der Waals surface area (Å²) < 4.78 is 25.5. The van der Waals surface area contributed by atoms with Crippen molar-refractivity contribution in [2.75, 3.05) is 12.3 Å². The molecule has 0 amide bonds. The van der Waals surface area contributed by atoms with E-state index in [0.29, 0.717) is 4.73 Å². The van der Waals surface area contributed by atoms with Gasteiger partial charge >= 0.3 is 31.7 Å². The van der Waals surface area contributed by atoms with E-state index in [9.17, 15) is 59.3 Å². The second-order valence-corrected chi connectivity index (χ2v) is 8.96. The molecule has 216 valence electrons. The van der Waals surface area contributed by atoms with Gasteiger partial charge in [-0.15, -0.1) is 4.73 Å². The lowest BCUT2D eigenvalue weighted by Gasteiger charge is -2.25. The molecule has 10 N–H and O–H groups in total. The predicted octanol–water partition coefficient (Wildman–Crippen LogP) is -5.42. The summed E-state index contributed by atoms with van der Waals surface area (Å²) in [5, 5.41) is 66.1. The van der Waals surface area contributed by atoms with E-state index in [2.05, 4.69) is 28.8 Å². The fraction of sp³-hybridized carbons (Fsp3) is 0.471. The zero-order valence-electron chi connectivity index (χ0n) is 19.2. The number of carbonyl (C=O) groups is 4. The molecule has 0 fully saturated rings. The first-order chi connectivity index (χ1) is 18.0. The number of esters is 2. The summed E-state index contributed by atoms with van der Waals surface area (Å²) in [6.45, 7) is -1.09. The standard InChI is InChI=1S/C17H22N5O16P/c18-13-9-14(20-4-19-13)22(5-21-9)38-39(34,35)37-8(26)2-17(33,16(31)32)1-7(25)36-15(30)12(29)11(28)10(27)6(24)3-23/h4-6,10-12,23-24,27-29,33H,1-3H2,(H,31,32)(H,34,35)(H2,18,19,20)/t6-,10-,11+,12-,17?/m1/s1. The van der Waals surface area contributed by atoms with Crippen LogP contribution in [0.15, 0.2) is 12.7 Å². The van der Waals surface area contributed by atoms with E-state index in [0.717, 1.165) is 12.7 Å². The van der Waals surface area contributed by atoms with Crippen LogP contribution in [0.1, 0.15) is 12.8 Å². The Morgan fingerprint density at radius 3 is 2.26 bits per heavy atom. The number of rotatable bonds is 13. The van der Waals surface area contributed by atoms with Gasteiger partial charge in [-0.3, -0.25) is 19.1 Å². The van der Waals surface area contributed by atoms with E-state index in [4.69, 9.17) is 10.8 Å². The highest BCUT2D eigenvalue weighted by Crippen LogP contribution is 2.41. The zero-order chi connectivity index (χ0) is 29.7. The van der Waals surface area contributed by atoms with Crippen molar-refractivity contribution in [1.29, 1.82) is 0 Å². The number of nitrogens with zero attached hydrogens (tertiary/aromatic N) is 4. The number of phosphoric ester groups is 1. The van der Waals surface area contributed by atoms with Gasteiger partial charge in [0, 0.05) is 0 Å². The van der Waals surface area contributed by atoms with Crippen LogP contribution in [-0.2, 0) is 33.0 Å². The molecule has 0 saturated carbocycles. The first-order valence-corrected chi connectivity index (χ1v) is 11.7. The van der Waals surface area contributed by atoms with Crippen LogP contribution in [0.25, 0.3) is 11.2 Å². The normalized spacial score (nSPS) is 17.6. The van der Waals surface area contributed by atoms with Gasteiger partial charge in [0.05, 0.1) is 19.4 Å². The number of aliphatic hydroxyl groups is 6. The Balaban J connectivity index is 2.04. The van der Waals surface area contributed by atoms with Crippen molar-refractivity contribution >= 4 is 48.7 Å². The molecule has 0 bridgehead atoms. The van der Waals surface area contributed by atoms with Gasteiger partial charge in [0.25, 0.3) is 0 Å². The Hall–Kier alpha value is -3.82. The minimum Gasteiger partial charge on any atom is -0.479 e. The average Bonchev–Trinajstić information content (AvgIpc) is 3.24. The maximum absolute atomic E-state index is 12.2. The fourth-order valence-electron chi connectivity index (χ4n) is 2.74. The van der Waals surface area contributed by atoms with Gasteiger partial charge in [-0.2, -0.15) is 0 Å². The quantitative estimate of drug-likeness (QED) is 0.0603. The number of carboxylic acids is 1. The lowest BCUT2D eigenvalue weighted by atomic mass is 9.96. The van der Waals surface area contributed by atoms with Crippen molar-refractivity contribution in [2.45, 2.75) is 42.9 Å². The van der Waals surface area contributed by atoms with E-state index >= 15 is 0 Å². The van der Waals surface area contributed by atoms with Gasteiger partial charge in [-0.1, -0.05) is 0 Å². The van der Waals surface area contributed by atoms with Gasteiger partial charge in [-0.05, 0) is 0 Å². The highest BCUT2D eigenvalue weighted by atomic mass is 31.2. The molecule has 0 aromatic carbocycles. The van der Waals surface area contributed by atoms with Crippen LogP contribution in [0.4, 0.5) is 5.82 Å². The van der Waals surface area contributed by atoms with Crippen molar-refractivity contribution in [3.05, 3.63) is 12.7 Å². The molecule has 0 aliphatic heterocycles. The van der Waals surface area contributed by atoms with Crippen LogP contribution < -0.4 is 10.4 Å². The molecule has 0 spiro atoms. The lowest BCUT2D eigenvalue weighted by Crippen LogP contribution is -2.50. The number of hydrogen-bond acceptors (Lipinski definition) is 18. The summed E-state index contributed by atoms with van der Waals surface area (Å²) in [6.07, 6.45) is -11.0. The predicted molar refractivity (Wildman–Crippen MR) is 116 cm³/mol. The molecule has 2 aromatic heterocycles. The van der Waals surface area contributed by atoms with Crippen LogP contribution in [0.2, 0.25) is 0 Å². The molecule has 2 heterocycles. The number of anilines is 1. The smallest absolute Gasteiger partial charge is 0.479 e. The number of hydrogen-bond donors (Lipinski definition) is 9. The van der Waals surface area contributed by atoms with Gasteiger partial charge in [-0.25, -0.2) is 29.1 Å². The largest absolute Gasteiger partial charge is 0.606 e. The van der Waals surface area contributed by atoms with Crippen molar-refractivity contribution < 1.29 is 78.3 Å². The molecule has 0 saturated heterocycles. The minimum atomic E-state index is -5.40. The number of aromatic nitrogens is 4. The highest BCUT2D eigenvalue weighted by molar-refractivity contribution is 7.48. The van der Waals surface area contributed by atoms with Crippen LogP contribution in [0.5, 0.6) is 0 Å². The van der Waals surface area contributed by atoms with Crippen molar-refractivity contribution in [3.8, 4) is 0 Å². The second kappa shape index (κ2) is 12.4. The number of carbonyl (C=O) groups excluding carboxylic acids is 3. The molecule has 39 heavy (non-hydrogen) atoms. The first-order valence-electron chi connectivity index (χ1n) is 10.2. The summed E-state index contributed by atoms with van der Waals surface area (Å²) in [6, 6.07) is 0. The van der Waals surface area contributed by atoms with Crippen LogP contribution >= 0.6 is 7.82 Å². The number of ether oxygens (including phenoxy) is 1. The first kappa shape index (κ1) is 31.4. The Kier molecular flexibility index (Phi) is 9.95. The van der Waals surface area contributed by atoms with Crippen molar-refractivity contribution in [3.63, 3.8) is 0 Å². The number of carboxylic acid groups (broad SMARTS) is 1. The Morgan fingerprint density at radius 2 is 1.67 bits per heavy atom. The molecule has 21 nitrogen and oxygen atoms in total. The summed E-state index contributed by atoms with van der Waals surface area (Å²) in [5.41, 5.74) is 1.86. The van der Waals surface area contributed by atoms with E-state index < -0.39 is 81.2 Å². The minimum absolute atomic E-state index is 0.0612. The van der Waals surface area contributed by atoms with E-state index in [1.807, 2.05) is 0 Å². The monoisotopic (exact) mass is 583 g/mol. The van der Waals surface area contributed by atoms with Gasteiger partial charge in [0.2, 0.25) is 5.65 Å². The lowest BCUT2D eigenvalue weighted by molar-refractivity contribution is -0.182. The number of phosphoric acid groups is 1. The summed E-state index contributed by atoms with van der Waals surface area (Å²) in [4.78, 5) is 68.2. The van der Waals surface area contributed by atoms with Crippen molar-refractivity contribution in [2.24, 2.45) is 0 Å². The summed E-state index contributed by atoms with van der Waals surface area (Å²) in [7, 11) is -5.40. The third kappa shape index (κ3) is 7.84. The molecular formula is C17H22N5O16P. The van der Waals surface area contributed by atoms with E-state index in [1.165, 1.54) is 0 Å². The zero-order valence-corrected chi connectivity index (χ0v) is 20.1. The third-order valence-corrected chi connectivity index (χ3v) is 5.54. The molecule has 2 unspecified atom stereocenters. The topological polar surface area (TPSA) is 344 Å². The molecule has 0 aliphatic rings. The molecule has 22 heteroatoms. The number of aliphatic carboxylic acids is 1. The van der Waals surface area contributed by atoms with Crippen LogP contribution in [0, 0.1) is 0 Å². The molecule has 0 aliphatic carbocycles. The van der Waals surface area contributed by atoms with E-state index in [1.54, 1.807) is 0 Å². The van der Waals surface area contributed by atoms with Gasteiger partial charge < -0.3 is 50.7 Å². The van der Waals surface area contributed by atoms with Gasteiger partial charge in [0.15, 0.2) is 23.0 Å². The van der Waals surface area contributed by atoms with E-state index in [-0.39, 0.29) is 17.0 Å². The van der Waals surface area contributed by atoms with Crippen LogP contribution in [0.3, 0.4) is 0 Å². The number of imidazole rings is 1.